The molecule has 0 fully saturated rings. The Morgan fingerprint density at radius 3 is 2.86 bits per heavy atom. The van der Waals surface area contributed by atoms with Crippen LogP contribution in [0.3, 0.4) is 0 Å². The van der Waals surface area contributed by atoms with E-state index in [4.69, 9.17) is 15.2 Å². The van der Waals surface area contributed by atoms with E-state index in [0.29, 0.717) is 18.2 Å². The Balaban J connectivity index is 2.67. The standard InChI is InChI=1S/C10H16N2O2/c1-7-4-9(11)10(12-5-7)14-8(2)6-13-3/h4-5,8H,6,11H2,1-3H3. The molecular formula is C10H16N2O2. The summed E-state index contributed by atoms with van der Waals surface area (Å²) in [5.74, 6) is 0.472. The summed E-state index contributed by atoms with van der Waals surface area (Å²) in [6.07, 6.45) is 1.68. The molecule has 0 saturated heterocycles. The fourth-order valence-corrected chi connectivity index (χ4v) is 1.14. The van der Waals surface area contributed by atoms with Gasteiger partial charge in [0.2, 0.25) is 5.88 Å². The average molecular weight is 196 g/mol. The van der Waals surface area contributed by atoms with Gasteiger partial charge in [-0.05, 0) is 25.5 Å². The minimum Gasteiger partial charge on any atom is -0.471 e. The Labute approximate surface area is 84.0 Å². The smallest absolute Gasteiger partial charge is 0.237 e. The highest BCUT2D eigenvalue weighted by Gasteiger charge is 2.07. The van der Waals surface area contributed by atoms with E-state index < -0.39 is 0 Å². The first-order chi connectivity index (χ1) is 6.63. The summed E-state index contributed by atoms with van der Waals surface area (Å²) in [5, 5.41) is 0. The van der Waals surface area contributed by atoms with Crippen LogP contribution < -0.4 is 10.5 Å². The molecule has 1 aromatic heterocycles. The van der Waals surface area contributed by atoms with Crippen LogP contribution in [0.2, 0.25) is 0 Å². The Bertz CT molecular complexity index is 302. The summed E-state index contributed by atoms with van der Waals surface area (Å²) in [6.45, 7) is 4.37. The van der Waals surface area contributed by atoms with E-state index in [9.17, 15) is 0 Å². The van der Waals surface area contributed by atoms with Crippen molar-refractivity contribution in [1.82, 2.24) is 4.98 Å². The van der Waals surface area contributed by atoms with E-state index in [0.717, 1.165) is 5.56 Å². The number of ether oxygens (including phenoxy) is 2. The molecule has 0 saturated carbocycles. The number of anilines is 1. The third-order valence-electron chi connectivity index (χ3n) is 1.73. The van der Waals surface area contributed by atoms with Crippen LogP contribution in [0.1, 0.15) is 12.5 Å². The lowest BCUT2D eigenvalue weighted by molar-refractivity contribution is 0.0895. The van der Waals surface area contributed by atoms with Gasteiger partial charge in [0.25, 0.3) is 0 Å². The predicted molar refractivity (Wildman–Crippen MR) is 55.4 cm³/mol. The van der Waals surface area contributed by atoms with Gasteiger partial charge in [-0.25, -0.2) is 4.98 Å². The predicted octanol–water partition coefficient (Wildman–Crippen LogP) is 1.39. The molecule has 0 aromatic carbocycles. The van der Waals surface area contributed by atoms with Crippen LogP contribution in [-0.4, -0.2) is 24.8 Å². The molecule has 1 rings (SSSR count). The summed E-state index contributed by atoms with van der Waals surface area (Å²) in [7, 11) is 1.63. The Morgan fingerprint density at radius 1 is 1.57 bits per heavy atom. The lowest BCUT2D eigenvalue weighted by atomic mass is 10.3. The molecule has 0 aliphatic heterocycles. The van der Waals surface area contributed by atoms with Gasteiger partial charge in [0, 0.05) is 13.3 Å². The van der Waals surface area contributed by atoms with Gasteiger partial charge in [-0.1, -0.05) is 0 Å². The molecule has 0 aliphatic carbocycles. The third kappa shape index (κ3) is 2.88. The molecule has 1 aromatic rings. The minimum atomic E-state index is -0.0440. The summed E-state index contributed by atoms with van der Waals surface area (Å²) < 4.78 is 10.4. The van der Waals surface area contributed by atoms with Crippen LogP contribution in [0.15, 0.2) is 12.3 Å². The summed E-state index contributed by atoms with van der Waals surface area (Å²) in [4.78, 5) is 4.10. The number of nitrogens with zero attached hydrogens (tertiary/aromatic N) is 1. The normalized spacial score (nSPS) is 12.5. The van der Waals surface area contributed by atoms with Crippen molar-refractivity contribution in [2.45, 2.75) is 20.0 Å². The highest BCUT2D eigenvalue weighted by Crippen LogP contribution is 2.19. The van der Waals surface area contributed by atoms with Crippen molar-refractivity contribution in [2.75, 3.05) is 19.5 Å². The average Bonchev–Trinajstić information content (AvgIpc) is 2.10. The second kappa shape index (κ2) is 4.81. The number of hydrogen-bond donors (Lipinski definition) is 1. The second-order valence-electron chi connectivity index (χ2n) is 3.29. The summed E-state index contributed by atoms with van der Waals surface area (Å²) in [5.41, 5.74) is 7.32. The molecule has 0 radical (unpaired) electrons. The molecule has 0 bridgehead atoms. The largest absolute Gasteiger partial charge is 0.471 e. The third-order valence-corrected chi connectivity index (χ3v) is 1.73. The van der Waals surface area contributed by atoms with Crippen molar-refractivity contribution in [2.24, 2.45) is 0 Å². The molecule has 1 unspecified atom stereocenters. The van der Waals surface area contributed by atoms with Gasteiger partial charge in [-0.2, -0.15) is 0 Å². The molecule has 4 heteroatoms. The maximum Gasteiger partial charge on any atom is 0.237 e. The van der Waals surface area contributed by atoms with Crippen molar-refractivity contribution in [3.63, 3.8) is 0 Å². The number of aromatic nitrogens is 1. The first kappa shape index (κ1) is 10.8. The molecule has 1 atom stereocenters. The van der Waals surface area contributed by atoms with E-state index in [1.54, 1.807) is 13.3 Å². The quantitative estimate of drug-likeness (QED) is 0.790. The van der Waals surface area contributed by atoms with Crippen LogP contribution in [0.25, 0.3) is 0 Å². The van der Waals surface area contributed by atoms with E-state index in [1.807, 2.05) is 19.9 Å². The van der Waals surface area contributed by atoms with Gasteiger partial charge in [0.1, 0.15) is 6.10 Å². The van der Waals surface area contributed by atoms with Crippen LogP contribution in [0.5, 0.6) is 5.88 Å². The monoisotopic (exact) mass is 196 g/mol. The molecule has 2 N–H and O–H groups in total. The summed E-state index contributed by atoms with van der Waals surface area (Å²) >= 11 is 0. The van der Waals surface area contributed by atoms with Gasteiger partial charge in [0.05, 0.1) is 12.3 Å². The first-order valence-electron chi connectivity index (χ1n) is 4.51. The van der Waals surface area contributed by atoms with Gasteiger partial charge in [0.15, 0.2) is 0 Å². The molecule has 78 valence electrons. The van der Waals surface area contributed by atoms with Crippen LogP contribution >= 0.6 is 0 Å². The van der Waals surface area contributed by atoms with Gasteiger partial charge >= 0.3 is 0 Å². The topological polar surface area (TPSA) is 57.4 Å². The lowest BCUT2D eigenvalue weighted by Crippen LogP contribution is -2.19. The van der Waals surface area contributed by atoms with Crippen molar-refractivity contribution < 1.29 is 9.47 Å². The molecule has 14 heavy (non-hydrogen) atoms. The first-order valence-corrected chi connectivity index (χ1v) is 4.51. The van der Waals surface area contributed by atoms with Crippen LogP contribution in [0.4, 0.5) is 5.69 Å². The number of rotatable bonds is 4. The van der Waals surface area contributed by atoms with Crippen molar-refractivity contribution in [3.05, 3.63) is 17.8 Å². The van der Waals surface area contributed by atoms with Crippen molar-refractivity contribution in [1.29, 1.82) is 0 Å². The molecule has 4 nitrogen and oxygen atoms in total. The number of hydrogen-bond acceptors (Lipinski definition) is 4. The molecule has 0 spiro atoms. The minimum absolute atomic E-state index is 0.0440. The van der Waals surface area contributed by atoms with E-state index in [2.05, 4.69) is 4.98 Å². The second-order valence-corrected chi connectivity index (χ2v) is 3.29. The maximum absolute atomic E-state index is 5.74. The fourth-order valence-electron chi connectivity index (χ4n) is 1.14. The Morgan fingerprint density at radius 2 is 2.29 bits per heavy atom. The maximum atomic E-state index is 5.74. The zero-order valence-electron chi connectivity index (χ0n) is 8.78. The molecule has 0 amide bonds. The van der Waals surface area contributed by atoms with Crippen LogP contribution in [-0.2, 0) is 4.74 Å². The van der Waals surface area contributed by atoms with E-state index in [1.165, 1.54) is 0 Å². The number of nitrogen functional groups attached to an aromatic ring is 1. The summed E-state index contributed by atoms with van der Waals surface area (Å²) in [6, 6.07) is 1.84. The number of pyridine rings is 1. The Hall–Kier alpha value is -1.29. The van der Waals surface area contributed by atoms with Gasteiger partial charge < -0.3 is 15.2 Å². The van der Waals surface area contributed by atoms with Crippen molar-refractivity contribution >= 4 is 5.69 Å². The number of methoxy groups -OCH3 is 1. The molecule has 0 aliphatic rings. The molecule has 1 heterocycles. The fraction of sp³-hybridized carbons (Fsp3) is 0.500. The van der Waals surface area contributed by atoms with E-state index >= 15 is 0 Å². The Kier molecular flexibility index (Phi) is 3.71. The molecular weight excluding hydrogens is 180 g/mol. The lowest BCUT2D eigenvalue weighted by Gasteiger charge is -2.14. The van der Waals surface area contributed by atoms with E-state index in [-0.39, 0.29) is 6.10 Å². The highest BCUT2D eigenvalue weighted by molar-refractivity contribution is 5.49. The number of nitrogens with two attached hydrogens (primary N) is 1. The van der Waals surface area contributed by atoms with Gasteiger partial charge in [-0.15, -0.1) is 0 Å². The highest BCUT2D eigenvalue weighted by atomic mass is 16.5. The zero-order valence-corrected chi connectivity index (χ0v) is 8.78. The zero-order chi connectivity index (χ0) is 10.6. The number of aryl methyl sites for hydroxylation is 1. The van der Waals surface area contributed by atoms with Crippen LogP contribution in [0, 0.1) is 6.92 Å². The SMILES string of the molecule is COCC(C)Oc1ncc(C)cc1N. The van der Waals surface area contributed by atoms with Gasteiger partial charge in [-0.3, -0.25) is 0 Å². The van der Waals surface area contributed by atoms with Crippen molar-refractivity contribution in [3.8, 4) is 5.88 Å².